The smallest absolute Gasteiger partial charge is 0.337 e. The van der Waals surface area contributed by atoms with Gasteiger partial charge in [0.15, 0.2) is 0 Å². The molecule has 2 aromatic rings. The molecule has 1 aliphatic rings. The monoisotopic (exact) mass is 302 g/mol. The Bertz CT molecular complexity index is 642. The molecular formula is C15H18N4O3. The number of hydrogen-bond donors (Lipinski definition) is 2. The quantitative estimate of drug-likeness (QED) is 0.781. The van der Waals surface area contributed by atoms with Crippen LogP contribution >= 0.6 is 0 Å². The van der Waals surface area contributed by atoms with Gasteiger partial charge in [-0.3, -0.25) is 4.68 Å². The number of fused-ring (bicyclic) bond motifs is 1. The average molecular weight is 302 g/mol. The summed E-state index contributed by atoms with van der Waals surface area (Å²) in [6, 6.07) is 3.29. The molecule has 0 radical (unpaired) electrons. The summed E-state index contributed by atoms with van der Waals surface area (Å²) in [7, 11) is 0. The molecule has 0 fully saturated rings. The lowest BCUT2D eigenvalue weighted by molar-refractivity contribution is 0.0696. The van der Waals surface area contributed by atoms with Gasteiger partial charge in [0.25, 0.3) is 0 Å². The Hall–Kier alpha value is -2.41. The van der Waals surface area contributed by atoms with Crippen molar-refractivity contribution in [3.8, 4) is 0 Å². The van der Waals surface area contributed by atoms with Crippen molar-refractivity contribution >= 4 is 11.8 Å². The van der Waals surface area contributed by atoms with Crippen LogP contribution in [0, 0.1) is 0 Å². The number of hydrogen-bond acceptors (Lipinski definition) is 5. The first-order chi connectivity index (χ1) is 10.7. The maximum atomic E-state index is 10.8. The largest absolute Gasteiger partial charge is 0.478 e. The fraction of sp³-hybridized carbons (Fsp3) is 0.400. The topological polar surface area (TPSA) is 91.5 Å². The summed E-state index contributed by atoms with van der Waals surface area (Å²) in [5, 5.41) is 22.2. The van der Waals surface area contributed by atoms with Gasteiger partial charge in [-0.2, -0.15) is 5.10 Å². The van der Waals surface area contributed by atoms with Crippen molar-refractivity contribution in [2.75, 3.05) is 11.5 Å². The van der Waals surface area contributed by atoms with Gasteiger partial charge in [0.2, 0.25) is 0 Å². The first-order valence-electron chi connectivity index (χ1n) is 7.28. The third-order valence-corrected chi connectivity index (χ3v) is 3.74. The summed E-state index contributed by atoms with van der Waals surface area (Å²) in [5.74, 6) is -0.210. The van der Waals surface area contributed by atoms with Crippen LogP contribution in [-0.2, 0) is 19.6 Å². The van der Waals surface area contributed by atoms with Gasteiger partial charge in [0, 0.05) is 37.7 Å². The van der Waals surface area contributed by atoms with Gasteiger partial charge in [-0.05, 0) is 25.0 Å². The van der Waals surface area contributed by atoms with Gasteiger partial charge >= 0.3 is 5.97 Å². The van der Waals surface area contributed by atoms with E-state index in [1.807, 2.05) is 10.9 Å². The van der Waals surface area contributed by atoms with E-state index in [1.54, 1.807) is 12.1 Å². The molecule has 2 aromatic heterocycles. The minimum atomic E-state index is -0.969. The van der Waals surface area contributed by atoms with Crippen LogP contribution in [-0.4, -0.2) is 37.6 Å². The third-order valence-electron chi connectivity index (χ3n) is 3.74. The number of aromatic nitrogens is 3. The van der Waals surface area contributed by atoms with E-state index in [1.165, 1.54) is 11.8 Å². The molecule has 0 saturated carbocycles. The Kier molecular flexibility index (Phi) is 4.06. The van der Waals surface area contributed by atoms with Crippen LogP contribution in [0.4, 0.5) is 5.82 Å². The Morgan fingerprint density at radius 2 is 2.14 bits per heavy atom. The number of aryl methyl sites for hydroxylation is 1. The number of pyridine rings is 1. The first-order valence-corrected chi connectivity index (χ1v) is 7.28. The highest BCUT2D eigenvalue weighted by molar-refractivity contribution is 5.87. The number of aromatic carboxylic acids is 1. The minimum absolute atomic E-state index is 0.190. The zero-order valence-corrected chi connectivity index (χ0v) is 12.1. The van der Waals surface area contributed by atoms with Crippen molar-refractivity contribution < 1.29 is 15.0 Å². The summed E-state index contributed by atoms with van der Waals surface area (Å²) in [6.07, 6.45) is 5.12. The fourth-order valence-corrected chi connectivity index (χ4v) is 2.57. The molecule has 0 aromatic carbocycles. The van der Waals surface area contributed by atoms with E-state index < -0.39 is 5.97 Å². The molecule has 0 aliphatic carbocycles. The molecule has 1 aliphatic heterocycles. The van der Waals surface area contributed by atoms with Crippen molar-refractivity contribution in [2.45, 2.75) is 32.5 Å². The molecule has 0 unspecified atom stereocenters. The van der Waals surface area contributed by atoms with Crippen LogP contribution in [0.25, 0.3) is 0 Å². The number of unbranched alkanes of at least 4 members (excludes halogenated alkanes) is 1. The number of rotatable bonds is 6. The van der Waals surface area contributed by atoms with Crippen molar-refractivity contribution in [1.29, 1.82) is 0 Å². The lowest BCUT2D eigenvalue weighted by atomic mass is 10.3. The molecule has 0 spiro atoms. The van der Waals surface area contributed by atoms with E-state index in [4.69, 9.17) is 10.2 Å². The zero-order chi connectivity index (χ0) is 15.5. The first kappa shape index (κ1) is 14.5. The van der Waals surface area contributed by atoms with Crippen molar-refractivity contribution in [2.24, 2.45) is 0 Å². The van der Waals surface area contributed by atoms with Crippen LogP contribution in [0.5, 0.6) is 0 Å². The second-order valence-corrected chi connectivity index (χ2v) is 5.36. The second kappa shape index (κ2) is 6.15. The molecule has 0 atom stereocenters. The van der Waals surface area contributed by atoms with Gasteiger partial charge in [0.05, 0.1) is 17.8 Å². The van der Waals surface area contributed by atoms with E-state index >= 15 is 0 Å². The van der Waals surface area contributed by atoms with Crippen LogP contribution in [0.2, 0.25) is 0 Å². The minimum Gasteiger partial charge on any atom is -0.478 e. The molecular weight excluding hydrogens is 284 g/mol. The highest BCUT2D eigenvalue weighted by Crippen LogP contribution is 2.26. The number of anilines is 1. The maximum Gasteiger partial charge on any atom is 0.337 e. The van der Waals surface area contributed by atoms with Crippen molar-refractivity contribution in [1.82, 2.24) is 14.8 Å². The maximum absolute atomic E-state index is 10.8. The Morgan fingerprint density at radius 1 is 1.27 bits per heavy atom. The van der Waals surface area contributed by atoms with Crippen LogP contribution in [0.3, 0.4) is 0 Å². The molecule has 2 N–H and O–H groups in total. The Morgan fingerprint density at radius 3 is 2.77 bits per heavy atom. The lowest BCUT2D eigenvalue weighted by Gasteiger charge is -2.16. The van der Waals surface area contributed by atoms with Crippen molar-refractivity contribution in [3.63, 3.8) is 0 Å². The van der Waals surface area contributed by atoms with Crippen LogP contribution < -0.4 is 4.90 Å². The highest BCUT2D eigenvalue weighted by atomic mass is 16.4. The van der Waals surface area contributed by atoms with E-state index in [9.17, 15) is 4.79 Å². The normalized spacial score (nSPS) is 13.4. The summed E-state index contributed by atoms with van der Waals surface area (Å²) in [4.78, 5) is 17.1. The van der Waals surface area contributed by atoms with Gasteiger partial charge in [-0.1, -0.05) is 0 Å². The molecule has 0 amide bonds. The summed E-state index contributed by atoms with van der Waals surface area (Å²) in [6.45, 7) is 2.45. The third kappa shape index (κ3) is 2.94. The second-order valence-electron chi connectivity index (χ2n) is 5.36. The highest BCUT2D eigenvalue weighted by Gasteiger charge is 2.23. The fourth-order valence-electron chi connectivity index (χ4n) is 2.57. The summed E-state index contributed by atoms with van der Waals surface area (Å²) >= 11 is 0. The van der Waals surface area contributed by atoms with E-state index in [0.717, 1.165) is 37.4 Å². The summed E-state index contributed by atoms with van der Waals surface area (Å²) in [5.41, 5.74) is 2.40. The van der Waals surface area contributed by atoms with Crippen molar-refractivity contribution in [3.05, 3.63) is 41.3 Å². The van der Waals surface area contributed by atoms with Gasteiger partial charge in [-0.15, -0.1) is 0 Å². The average Bonchev–Trinajstić information content (AvgIpc) is 3.06. The van der Waals surface area contributed by atoms with Gasteiger partial charge in [0.1, 0.15) is 5.82 Å². The van der Waals surface area contributed by atoms with Crippen LogP contribution in [0.15, 0.2) is 24.5 Å². The van der Waals surface area contributed by atoms with Crippen LogP contribution in [0.1, 0.15) is 34.5 Å². The standard InChI is InChI=1S/C15H18N4O3/c20-6-2-1-5-19-9-12-8-18(10-13(12)17-19)14-4-3-11(7-16-14)15(21)22/h3-4,7,9,20H,1-2,5-6,8,10H2,(H,21,22). The molecule has 7 heteroatoms. The number of carboxylic acids is 1. The molecule has 0 saturated heterocycles. The molecule has 116 valence electrons. The number of carbonyl (C=O) groups is 1. The van der Waals surface area contributed by atoms with Gasteiger partial charge in [-0.25, -0.2) is 9.78 Å². The number of carboxylic acid groups (broad SMARTS) is 1. The SMILES string of the molecule is O=C(O)c1ccc(N2Cc3cn(CCCCO)nc3C2)nc1. The predicted molar refractivity (Wildman–Crippen MR) is 79.6 cm³/mol. The van der Waals surface area contributed by atoms with E-state index in [2.05, 4.69) is 15.0 Å². The molecule has 3 heterocycles. The molecule has 0 bridgehead atoms. The number of aliphatic hydroxyl groups is 1. The Labute approximate surface area is 127 Å². The predicted octanol–water partition coefficient (Wildman–Crippen LogP) is 1.27. The number of nitrogens with zero attached hydrogens (tertiary/aromatic N) is 4. The summed E-state index contributed by atoms with van der Waals surface area (Å²) < 4.78 is 1.93. The number of aliphatic hydroxyl groups excluding tert-OH is 1. The Balaban J connectivity index is 1.64. The molecule has 22 heavy (non-hydrogen) atoms. The van der Waals surface area contributed by atoms with E-state index in [0.29, 0.717) is 6.54 Å². The molecule has 3 rings (SSSR count). The zero-order valence-electron chi connectivity index (χ0n) is 12.1. The van der Waals surface area contributed by atoms with E-state index in [-0.39, 0.29) is 12.2 Å². The van der Waals surface area contributed by atoms with Gasteiger partial charge < -0.3 is 15.1 Å². The lowest BCUT2D eigenvalue weighted by Crippen LogP contribution is -2.17. The molecule has 7 nitrogen and oxygen atoms in total.